The molecule has 0 heterocycles. The molecule has 2 amide bonds. The van der Waals surface area contributed by atoms with E-state index >= 15 is 0 Å². The van der Waals surface area contributed by atoms with Gasteiger partial charge in [-0.15, -0.1) is 0 Å². The summed E-state index contributed by atoms with van der Waals surface area (Å²) in [5, 5.41) is 2.78. The number of carbonyl (C=O) groups excluding carboxylic acids is 2. The van der Waals surface area contributed by atoms with Crippen molar-refractivity contribution in [2.24, 2.45) is 5.92 Å². The van der Waals surface area contributed by atoms with E-state index in [0.717, 1.165) is 16.1 Å². The first-order chi connectivity index (χ1) is 15.4. The molecule has 1 N–H and O–H groups in total. The van der Waals surface area contributed by atoms with Crippen LogP contribution in [-0.4, -0.2) is 50.5 Å². The van der Waals surface area contributed by atoms with Gasteiger partial charge in [0.1, 0.15) is 18.4 Å². The summed E-state index contributed by atoms with van der Waals surface area (Å²) in [5.41, 5.74) is 1.50. The first-order valence-electron chi connectivity index (χ1n) is 10.7. The Labute approximate surface area is 195 Å². The van der Waals surface area contributed by atoms with Crippen molar-refractivity contribution in [1.82, 2.24) is 10.2 Å². The van der Waals surface area contributed by atoms with Crippen LogP contribution in [0.5, 0.6) is 0 Å². The van der Waals surface area contributed by atoms with Gasteiger partial charge in [0.2, 0.25) is 21.8 Å². The van der Waals surface area contributed by atoms with Gasteiger partial charge in [0.15, 0.2) is 0 Å². The van der Waals surface area contributed by atoms with Crippen LogP contribution in [0.15, 0.2) is 48.5 Å². The van der Waals surface area contributed by atoms with E-state index < -0.39 is 40.2 Å². The fourth-order valence-corrected chi connectivity index (χ4v) is 4.02. The number of amides is 2. The van der Waals surface area contributed by atoms with Crippen molar-refractivity contribution in [3.63, 3.8) is 0 Å². The summed E-state index contributed by atoms with van der Waals surface area (Å²) in [6.07, 6.45) is 1.01. The molecule has 180 valence electrons. The molecule has 0 saturated heterocycles. The summed E-state index contributed by atoms with van der Waals surface area (Å²) in [6.45, 7) is 7.03. The molecule has 0 aromatic heterocycles. The highest BCUT2D eigenvalue weighted by Crippen LogP contribution is 2.20. The molecular weight excluding hydrogens is 445 g/mol. The van der Waals surface area contributed by atoms with E-state index in [0.29, 0.717) is 12.2 Å². The van der Waals surface area contributed by atoms with Gasteiger partial charge < -0.3 is 10.2 Å². The van der Waals surface area contributed by atoms with Gasteiger partial charge in [-0.2, -0.15) is 0 Å². The Hall–Kier alpha value is -2.94. The van der Waals surface area contributed by atoms with Crippen molar-refractivity contribution in [1.29, 1.82) is 0 Å². The number of sulfonamides is 1. The second kappa shape index (κ2) is 11.3. The Bertz CT molecular complexity index is 1070. The Morgan fingerprint density at radius 3 is 2.18 bits per heavy atom. The maximum absolute atomic E-state index is 14.3. The third kappa shape index (κ3) is 7.56. The van der Waals surface area contributed by atoms with E-state index in [4.69, 9.17) is 0 Å². The number of carbonyl (C=O) groups is 2. The highest BCUT2D eigenvalue weighted by atomic mass is 32.2. The van der Waals surface area contributed by atoms with Crippen LogP contribution in [0.3, 0.4) is 0 Å². The number of rotatable bonds is 10. The summed E-state index contributed by atoms with van der Waals surface area (Å²) in [5.74, 6) is -1.31. The number of nitrogens with one attached hydrogen (secondary N) is 1. The zero-order chi connectivity index (χ0) is 24.8. The van der Waals surface area contributed by atoms with E-state index in [1.807, 2.05) is 20.8 Å². The molecule has 0 bridgehead atoms. The topological polar surface area (TPSA) is 86.8 Å². The Morgan fingerprint density at radius 1 is 1.03 bits per heavy atom. The van der Waals surface area contributed by atoms with Crippen molar-refractivity contribution in [3.8, 4) is 0 Å². The molecule has 7 nitrogen and oxygen atoms in total. The number of benzene rings is 2. The van der Waals surface area contributed by atoms with Gasteiger partial charge in [-0.1, -0.05) is 49.7 Å². The molecule has 1 atom stereocenters. The first-order valence-corrected chi connectivity index (χ1v) is 12.6. The molecule has 0 aliphatic carbocycles. The lowest BCUT2D eigenvalue weighted by molar-refractivity contribution is -0.139. The van der Waals surface area contributed by atoms with Crippen LogP contribution in [0.1, 0.15) is 31.9 Å². The van der Waals surface area contributed by atoms with Crippen LogP contribution in [0.25, 0.3) is 0 Å². The normalized spacial score (nSPS) is 12.3. The molecule has 0 saturated carbocycles. The second-order valence-electron chi connectivity index (χ2n) is 8.53. The van der Waals surface area contributed by atoms with Gasteiger partial charge in [0.05, 0.1) is 11.9 Å². The van der Waals surface area contributed by atoms with Crippen molar-refractivity contribution in [2.45, 2.75) is 40.3 Å². The van der Waals surface area contributed by atoms with Crippen molar-refractivity contribution >= 4 is 27.5 Å². The fraction of sp³-hybridized carbons (Fsp3) is 0.417. The van der Waals surface area contributed by atoms with Gasteiger partial charge in [-0.05, 0) is 38.0 Å². The smallest absolute Gasteiger partial charge is 0.244 e. The molecule has 0 spiro atoms. The first kappa shape index (κ1) is 26.3. The number of hydrogen-bond donors (Lipinski definition) is 1. The van der Waals surface area contributed by atoms with E-state index in [1.54, 1.807) is 37.3 Å². The maximum Gasteiger partial charge on any atom is 0.244 e. The highest BCUT2D eigenvalue weighted by molar-refractivity contribution is 7.92. The van der Waals surface area contributed by atoms with Gasteiger partial charge >= 0.3 is 0 Å². The Balaban J connectivity index is 2.36. The molecule has 2 aromatic rings. The molecule has 33 heavy (non-hydrogen) atoms. The van der Waals surface area contributed by atoms with Crippen LogP contribution in [0, 0.1) is 18.7 Å². The van der Waals surface area contributed by atoms with Crippen LogP contribution in [0.2, 0.25) is 0 Å². The number of aryl methyl sites for hydroxylation is 1. The summed E-state index contributed by atoms with van der Waals surface area (Å²) < 4.78 is 40.3. The zero-order valence-electron chi connectivity index (χ0n) is 19.7. The van der Waals surface area contributed by atoms with Gasteiger partial charge in [0.25, 0.3) is 0 Å². The quantitative estimate of drug-likeness (QED) is 0.570. The van der Waals surface area contributed by atoms with Crippen molar-refractivity contribution in [2.75, 3.05) is 23.7 Å². The SMILES string of the molecule is Cc1ccc(N(CC(=O)N(Cc2ccccc2F)C(C)C(=O)NCC(C)C)S(C)(=O)=O)cc1. The molecule has 1 unspecified atom stereocenters. The summed E-state index contributed by atoms with van der Waals surface area (Å²) >= 11 is 0. The van der Waals surface area contributed by atoms with E-state index in [1.165, 1.54) is 23.1 Å². The monoisotopic (exact) mass is 477 g/mol. The summed E-state index contributed by atoms with van der Waals surface area (Å²) in [4.78, 5) is 27.3. The van der Waals surface area contributed by atoms with Crippen LogP contribution in [0.4, 0.5) is 10.1 Å². The highest BCUT2D eigenvalue weighted by Gasteiger charge is 2.30. The summed E-state index contributed by atoms with van der Waals surface area (Å²) in [6, 6.07) is 11.8. The lowest BCUT2D eigenvalue weighted by Crippen LogP contribution is -2.51. The molecule has 2 aromatic carbocycles. The fourth-order valence-electron chi connectivity index (χ4n) is 3.17. The zero-order valence-corrected chi connectivity index (χ0v) is 20.5. The standard InChI is InChI=1S/C24H32FN3O4S/c1-17(2)14-26-24(30)19(4)27(15-20-8-6-7-9-22(20)25)23(29)16-28(33(5,31)32)21-12-10-18(3)11-13-21/h6-13,17,19H,14-16H2,1-5H3,(H,26,30). The van der Waals surface area contributed by atoms with Crippen LogP contribution in [-0.2, 0) is 26.2 Å². The lowest BCUT2D eigenvalue weighted by Gasteiger charge is -2.31. The van der Waals surface area contributed by atoms with E-state index in [9.17, 15) is 22.4 Å². The van der Waals surface area contributed by atoms with Crippen molar-refractivity contribution in [3.05, 3.63) is 65.5 Å². The Morgan fingerprint density at radius 2 is 1.64 bits per heavy atom. The largest absolute Gasteiger partial charge is 0.354 e. The molecule has 2 rings (SSSR count). The minimum Gasteiger partial charge on any atom is -0.354 e. The molecule has 0 fully saturated rings. The third-order valence-corrected chi connectivity index (χ3v) is 6.29. The van der Waals surface area contributed by atoms with E-state index in [2.05, 4.69) is 5.32 Å². The molecule has 9 heteroatoms. The van der Waals surface area contributed by atoms with Crippen LogP contribution >= 0.6 is 0 Å². The van der Waals surface area contributed by atoms with Gasteiger partial charge in [-0.3, -0.25) is 13.9 Å². The van der Waals surface area contributed by atoms with Gasteiger partial charge in [0, 0.05) is 18.7 Å². The average Bonchev–Trinajstić information content (AvgIpc) is 2.74. The number of nitrogens with zero attached hydrogens (tertiary/aromatic N) is 2. The number of halogens is 1. The number of anilines is 1. The molecule has 0 radical (unpaired) electrons. The predicted octanol–water partition coefficient (Wildman–Crippen LogP) is 3.09. The third-order valence-electron chi connectivity index (χ3n) is 5.15. The second-order valence-corrected chi connectivity index (χ2v) is 10.4. The maximum atomic E-state index is 14.3. The molecule has 0 aliphatic heterocycles. The molecular formula is C24H32FN3O4S. The Kier molecular flexibility index (Phi) is 8.99. The average molecular weight is 478 g/mol. The van der Waals surface area contributed by atoms with Crippen molar-refractivity contribution < 1.29 is 22.4 Å². The van der Waals surface area contributed by atoms with E-state index in [-0.39, 0.29) is 18.0 Å². The predicted molar refractivity (Wildman–Crippen MR) is 128 cm³/mol. The lowest BCUT2D eigenvalue weighted by atomic mass is 10.1. The minimum atomic E-state index is -3.80. The van der Waals surface area contributed by atoms with Gasteiger partial charge in [-0.25, -0.2) is 12.8 Å². The molecule has 0 aliphatic rings. The number of hydrogen-bond acceptors (Lipinski definition) is 4. The minimum absolute atomic E-state index is 0.173. The summed E-state index contributed by atoms with van der Waals surface area (Å²) in [7, 11) is -3.80. The van der Waals surface area contributed by atoms with Crippen LogP contribution < -0.4 is 9.62 Å².